The molecule has 0 amide bonds. The van der Waals surface area contributed by atoms with E-state index in [-0.39, 0.29) is 0 Å². The molecule has 0 spiro atoms. The third-order valence-electron chi connectivity index (χ3n) is 2.58. The quantitative estimate of drug-likeness (QED) is 0.716. The molecule has 1 aliphatic carbocycles. The van der Waals surface area contributed by atoms with Gasteiger partial charge in [0.1, 0.15) is 0 Å². The highest BCUT2D eigenvalue weighted by atomic mass is 32.1. The van der Waals surface area contributed by atoms with Crippen LogP contribution in [0, 0.1) is 5.41 Å². The van der Waals surface area contributed by atoms with Crippen molar-refractivity contribution in [2.75, 3.05) is 0 Å². The molecule has 0 radical (unpaired) electrons. The standard InChI is InChI=1S/C9H13NS/c1-9(6-8(9)10)5-7-3-2-4-11-7/h2-4,8H,5-6,10H2,1H3. The van der Waals surface area contributed by atoms with Crippen LogP contribution in [0.15, 0.2) is 17.5 Å². The molecule has 0 aromatic carbocycles. The van der Waals surface area contributed by atoms with Crippen molar-refractivity contribution in [3.8, 4) is 0 Å². The summed E-state index contributed by atoms with van der Waals surface area (Å²) >= 11 is 1.84. The van der Waals surface area contributed by atoms with Crippen molar-refractivity contribution in [1.82, 2.24) is 0 Å². The molecule has 0 aliphatic heterocycles. The van der Waals surface area contributed by atoms with E-state index in [0.29, 0.717) is 11.5 Å². The Hall–Kier alpha value is -0.340. The van der Waals surface area contributed by atoms with Gasteiger partial charge in [0, 0.05) is 10.9 Å². The van der Waals surface area contributed by atoms with Gasteiger partial charge in [0.2, 0.25) is 0 Å². The van der Waals surface area contributed by atoms with Gasteiger partial charge in [-0.15, -0.1) is 11.3 Å². The van der Waals surface area contributed by atoms with Crippen molar-refractivity contribution in [2.45, 2.75) is 25.8 Å². The van der Waals surface area contributed by atoms with Gasteiger partial charge >= 0.3 is 0 Å². The van der Waals surface area contributed by atoms with E-state index in [0.717, 1.165) is 0 Å². The Bertz CT molecular complexity index is 242. The smallest absolute Gasteiger partial charge is 0.0103 e. The van der Waals surface area contributed by atoms with E-state index in [1.807, 2.05) is 11.3 Å². The topological polar surface area (TPSA) is 26.0 Å². The number of thiophene rings is 1. The maximum atomic E-state index is 5.82. The summed E-state index contributed by atoms with van der Waals surface area (Å²) in [6.07, 6.45) is 2.37. The Morgan fingerprint density at radius 2 is 2.55 bits per heavy atom. The first-order valence-electron chi connectivity index (χ1n) is 3.99. The first kappa shape index (κ1) is 7.32. The summed E-state index contributed by atoms with van der Waals surface area (Å²) < 4.78 is 0. The Kier molecular flexibility index (Phi) is 1.55. The van der Waals surface area contributed by atoms with Gasteiger partial charge in [-0.1, -0.05) is 13.0 Å². The van der Waals surface area contributed by atoms with Crippen molar-refractivity contribution >= 4 is 11.3 Å². The molecule has 2 unspecified atom stereocenters. The Labute approximate surface area is 71.2 Å². The van der Waals surface area contributed by atoms with Crippen molar-refractivity contribution in [3.05, 3.63) is 22.4 Å². The summed E-state index contributed by atoms with van der Waals surface area (Å²) in [6.45, 7) is 2.28. The maximum absolute atomic E-state index is 5.82. The third-order valence-corrected chi connectivity index (χ3v) is 3.46. The molecule has 1 aromatic rings. The minimum absolute atomic E-state index is 0.421. The molecular weight excluding hydrogens is 154 g/mol. The molecule has 0 saturated heterocycles. The lowest BCUT2D eigenvalue weighted by Gasteiger charge is -2.05. The zero-order valence-corrected chi connectivity index (χ0v) is 7.53. The molecule has 1 aromatic heterocycles. The van der Waals surface area contributed by atoms with Crippen LogP contribution in [0.4, 0.5) is 0 Å². The number of nitrogens with two attached hydrogens (primary N) is 1. The second kappa shape index (κ2) is 2.32. The van der Waals surface area contributed by atoms with Crippen molar-refractivity contribution in [3.63, 3.8) is 0 Å². The van der Waals surface area contributed by atoms with Crippen LogP contribution in [0.25, 0.3) is 0 Å². The van der Waals surface area contributed by atoms with Gasteiger partial charge in [-0.25, -0.2) is 0 Å². The first-order chi connectivity index (χ1) is 5.21. The van der Waals surface area contributed by atoms with E-state index in [2.05, 4.69) is 24.4 Å². The fourth-order valence-corrected chi connectivity index (χ4v) is 2.36. The molecule has 1 saturated carbocycles. The highest BCUT2D eigenvalue weighted by molar-refractivity contribution is 7.09. The van der Waals surface area contributed by atoms with Crippen LogP contribution in [-0.2, 0) is 6.42 Å². The fourth-order valence-electron chi connectivity index (χ4n) is 1.46. The molecule has 1 aliphatic rings. The van der Waals surface area contributed by atoms with Gasteiger partial charge in [0.25, 0.3) is 0 Å². The largest absolute Gasteiger partial charge is 0.327 e. The molecule has 1 heterocycles. The van der Waals surface area contributed by atoms with E-state index in [1.165, 1.54) is 17.7 Å². The summed E-state index contributed by atoms with van der Waals surface area (Å²) in [5.41, 5.74) is 6.24. The zero-order valence-electron chi connectivity index (χ0n) is 6.71. The second-order valence-corrected chi connectivity index (χ2v) is 4.75. The summed E-state index contributed by atoms with van der Waals surface area (Å²) in [4.78, 5) is 1.47. The summed E-state index contributed by atoms with van der Waals surface area (Å²) in [5.74, 6) is 0. The minimum Gasteiger partial charge on any atom is -0.327 e. The highest BCUT2D eigenvalue weighted by Crippen LogP contribution is 2.46. The lowest BCUT2D eigenvalue weighted by Crippen LogP contribution is -2.12. The lowest BCUT2D eigenvalue weighted by molar-refractivity contribution is 0.549. The van der Waals surface area contributed by atoms with E-state index < -0.39 is 0 Å². The Morgan fingerprint density at radius 1 is 1.82 bits per heavy atom. The molecule has 2 atom stereocenters. The molecule has 11 heavy (non-hydrogen) atoms. The molecular formula is C9H13NS. The van der Waals surface area contributed by atoms with Crippen LogP contribution in [0.2, 0.25) is 0 Å². The van der Waals surface area contributed by atoms with Crippen molar-refractivity contribution < 1.29 is 0 Å². The van der Waals surface area contributed by atoms with Gasteiger partial charge in [0.05, 0.1) is 0 Å². The average molecular weight is 167 g/mol. The molecule has 1 nitrogen and oxygen atoms in total. The van der Waals surface area contributed by atoms with Crippen LogP contribution < -0.4 is 5.73 Å². The van der Waals surface area contributed by atoms with Crippen LogP contribution in [0.3, 0.4) is 0 Å². The molecule has 0 bridgehead atoms. The predicted octanol–water partition coefficient (Wildman–Crippen LogP) is 2.03. The van der Waals surface area contributed by atoms with E-state index in [9.17, 15) is 0 Å². The molecule has 2 N–H and O–H groups in total. The number of rotatable bonds is 2. The second-order valence-electron chi connectivity index (χ2n) is 3.72. The van der Waals surface area contributed by atoms with Crippen molar-refractivity contribution in [2.24, 2.45) is 11.1 Å². The van der Waals surface area contributed by atoms with E-state index >= 15 is 0 Å². The molecule has 2 heteroatoms. The zero-order chi connectivity index (χ0) is 7.90. The normalized spacial score (nSPS) is 35.6. The van der Waals surface area contributed by atoms with Gasteiger partial charge in [-0.05, 0) is 29.7 Å². The lowest BCUT2D eigenvalue weighted by atomic mass is 10.0. The van der Waals surface area contributed by atoms with Crippen LogP contribution in [0.5, 0.6) is 0 Å². The van der Waals surface area contributed by atoms with Gasteiger partial charge in [-0.2, -0.15) is 0 Å². The van der Waals surface area contributed by atoms with Crippen LogP contribution in [0.1, 0.15) is 18.2 Å². The summed E-state index contributed by atoms with van der Waals surface area (Å²) in [7, 11) is 0. The Balaban J connectivity index is 2.02. The van der Waals surface area contributed by atoms with E-state index in [1.54, 1.807) is 0 Å². The van der Waals surface area contributed by atoms with Crippen LogP contribution in [-0.4, -0.2) is 6.04 Å². The van der Waals surface area contributed by atoms with Crippen molar-refractivity contribution in [1.29, 1.82) is 0 Å². The van der Waals surface area contributed by atoms with Crippen LogP contribution >= 0.6 is 11.3 Å². The highest BCUT2D eigenvalue weighted by Gasteiger charge is 2.47. The summed E-state index contributed by atoms with van der Waals surface area (Å²) in [5, 5.41) is 2.13. The molecule has 60 valence electrons. The first-order valence-corrected chi connectivity index (χ1v) is 4.87. The van der Waals surface area contributed by atoms with Gasteiger partial charge in [0.15, 0.2) is 0 Å². The van der Waals surface area contributed by atoms with E-state index in [4.69, 9.17) is 5.73 Å². The molecule has 2 rings (SSSR count). The predicted molar refractivity (Wildman–Crippen MR) is 48.7 cm³/mol. The third kappa shape index (κ3) is 1.33. The fraction of sp³-hybridized carbons (Fsp3) is 0.556. The molecule has 1 fully saturated rings. The SMILES string of the molecule is CC1(Cc2cccs2)CC1N. The number of hydrogen-bond acceptors (Lipinski definition) is 2. The maximum Gasteiger partial charge on any atom is 0.0103 e. The van der Waals surface area contributed by atoms with Gasteiger partial charge in [-0.3, -0.25) is 0 Å². The monoisotopic (exact) mass is 167 g/mol. The summed E-state index contributed by atoms with van der Waals surface area (Å²) in [6, 6.07) is 4.75. The number of hydrogen-bond donors (Lipinski definition) is 1. The van der Waals surface area contributed by atoms with Gasteiger partial charge < -0.3 is 5.73 Å². The minimum atomic E-state index is 0.421. The Morgan fingerprint density at radius 3 is 3.00 bits per heavy atom. The average Bonchev–Trinajstić information content (AvgIpc) is 2.43.